The first-order valence-electron chi connectivity index (χ1n) is 12.8. The van der Waals surface area contributed by atoms with Gasteiger partial charge in [0.15, 0.2) is 5.69 Å². The van der Waals surface area contributed by atoms with E-state index in [4.69, 9.17) is 9.47 Å². The van der Waals surface area contributed by atoms with Crippen LogP contribution in [0.1, 0.15) is 81.0 Å². The van der Waals surface area contributed by atoms with Gasteiger partial charge in [-0.15, -0.1) is 0 Å². The Morgan fingerprint density at radius 2 is 1.35 bits per heavy atom. The molecule has 8 heteroatoms. The third-order valence-electron chi connectivity index (χ3n) is 8.20. The molecular weight excluding hydrogens is 443 g/mol. The Morgan fingerprint density at radius 1 is 0.765 bits per heavy atom. The Bertz CT molecular complexity index is 1060. The number of fused-ring (bicyclic) bond motifs is 5. The summed E-state index contributed by atoms with van der Waals surface area (Å²) in [5, 5.41) is 0.666. The molecule has 0 spiro atoms. The van der Waals surface area contributed by atoms with E-state index in [9.17, 15) is 13.2 Å². The average Bonchev–Trinajstić information content (AvgIpc) is 2.87. The number of rotatable bonds is 2. The van der Waals surface area contributed by atoms with Gasteiger partial charge in [0.05, 0.1) is 5.52 Å². The monoisotopic (exact) mass is 475 g/mol. The number of alkyl halides is 3. The van der Waals surface area contributed by atoms with Crippen molar-refractivity contribution in [2.75, 3.05) is 13.5 Å². The van der Waals surface area contributed by atoms with E-state index >= 15 is 0 Å². The largest absolute Gasteiger partial charge is 0.478 e. The lowest BCUT2D eigenvalue weighted by Gasteiger charge is -2.39. The molecule has 2 aromatic rings. The van der Waals surface area contributed by atoms with Crippen LogP contribution in [0.4, 0.5) is 13.2 Å². The Hall–Kier alpha value is -2.06. The Morgan fingerprint density at radius 3 is 1.97 bits per heavy atom. The number of pyridine rings is 1. The summed E-state index contributed by atoms with van der Waals surface area (Å²) >= 11 is 0. The first-order valence-corrected chi connectivity index (χ1v) is 12.8. The third kappa shape index (κ3) is 4.02. The fourth-order valence-electron chi connectivity index (χ4n) is 6.37. The molecule has 0 atom stereocenters. The van der Waals surface area contributed by atoms with Gasteiger partial charge in [-0.1, -0.05) is 38.5 Å². The predicted molar refractivity (Wildman–Crippen MR) is 123 cm³/mol. The molecule has 0 amide bonds. The topological polar surface area (TPSA) is 37.8 Å². The predicted octanol–water partition coefficient (Wildman–Crippen LogP) is 6.22. The zero-order valence-corrected chi connectivity index (χ0v) is 19.5. The van der Waals surface area contributed by atoms with Gasteiger partial charge in [0.25, 0.3) is 0 Å². The Kier molecular flexibility index (Phi) is 5.84. The van der Waals surface area contributed by atoms with Gasteiger partial charge in [0.2, 0.25) is 0 Å². The molecule has 0 unspecified atom stereocenters. The maximum Gasteiger partial charge on any atom is 0.433 e. The average molecular weight is 476 g/mol. The van der Waals surface area contributed by atoms with E-state index in [0.29, 0.717) is 48.5 Å². The molecule has 184 valence electrons. The molecule has 0 bridgehead atoms. The van der Waals surface area contributed by atoms with Crippen molar-refractivity contribution in [3.63, 3.8) is 0 Å². The van der Waals surface area contributed by atoms with Crippen molar-refractivity contribution >= 4 is 10.9 Å². The number of nitrogens with zero attached hydrogens (tertiary/aromatic N) is 3. The van der Waals surface area contributed by atoms with Crippen molar-refractivity contribution in [1.29, 1.82) is 0 Å². The van der Waals surface area contributed by atoms with E-state index in [1.54, 1.807) is 0 Å². The van der Waals surface area contributed by atoms with Crippen molar-refractivity contribution < 1.29 is 22.6 Å². The van der Waals surface area contributed by atoms with Gasteiger partial charge in [-0.05, 0) is 37.8 Å². The minimum Gasteiger partial charge on any atom is -0.478 e. The van der Waals surface area contributed by atoms with Crippen molar-refractivity contribution in [2.24, 2.45) is 0 Å². The molecule has 2 aliphatic carbocycles. The quantitative estimate of drug-likeness (QED) is 0.515. The second-order valence-electron chi connectivity index (χ2n) is 10.3. The van der Waals surface area contributed by atoms with Crippen LogP contribution in [0.3, 0.4) is 0 Å². The molecule has 34 heavy (non-hydrogen) atoms. The fourth-order valence-corrected chi connectivity index (χ4v) is 6.37. The highest BCUT2D eigenvalue weighted by Gasteiger charge is 2.41. The molecule has 1 aromatic carbocycles. The Balaban J connectivity index is 1.41. The van der Waals surface area contributed by atoms with Crippen molar-refractivity contribution in [1.82, 2.24) is 14.8 Å². The van der Waals surface area contributed by atoms with Gasteiger partial charge in [-0.3, -0.25) is 9.80 Å². The van der Waals surface area contributed by atoms with Gasteiger partial charge in [-0.2, -0.15) is 13.2 Å². The van der Waals surface area contributed by atoms with E-state index in [1.165, 1.54) is 25.7 Å². The first-order chi connectivity index (χ1) is 16.5. The van der Waals surface area contributed by atoms with E-state index in [0.717, 1.165) is 44.1 Å². The van der Waals surface area contributed by atoms with E-state index in [-0.39, 0.29) is 18.2 Å². The summed E-state index contributed by atoms with van der Waals surface area (Å²) in [5.41, 5.74) is 0.493. The van der Waals surface area contributed by atoms with Crippen LogP contribution in [0.15, 0.2) is 12.1 Å². The zero-order chi connectivity index (χ0) is 23.3. The van der Waals surface area contributed by atoms with Crippen molar-refractivity contribution in [3.8, 4) is 11.5 Å². The van der Waals surface area contributed by atoms with Crippen LogP contribution < -0.4 is 9.47 Å². The SMILES string of the molecule is FC(F)(F)c1nc2c3c(ccc2c2c1CN(C1CCCCC1)CO2)OCN(C1CCCCC1)C3. The maximum absolute atomic E-state index is 14.3. The van der Waals surface area contributed by atoms with Crippen LogP contribution in [-0.2, 0) is 19.3 Å². The van der Waals surface area contributed by atoms with Crippen LogP contribution in [0.25, 0.3) is 10.9 Å². The van der Waals surface area contributed by atoms with Crippen molar-refractivity contribution in [3.05, 3.63) is 29.0 Å². The van der Waals surface area contributed by atoms with E-state index < -0.39 is 11.9 Å². The first kappa shape index (κ1) is 22.4. The standard InChI is InChI=1S/C26H32F3N3O2/c27-26(28,29)25-21-14-32(18-9-5-2-6-10-18)16-34-24(21)19-11-12-22-20(23(19)30-25)13-31(15-33-22)17-7-3-1-4-8-17/h11-12,17-18H,1-10,13-16H2. The Labute approximate surface area is 198 Å². The van der Waals surface area contributed by atoms with Crippen LogP contribution in [0.5, 0.6) is 11.5 Å². The summed E-state index contributed by atoms with van der Waals surface area (Å²) in [6, 6.07) is 4.39. The molecule has 4 aliphatic rings. The van der Waals surface area contributed by atoms with Gasteiger partial charge in [-0.25, -0.2) is 4.98 Å². The summed E-state index contributed by atoms with van der Waals surface area (Å²) in [6.45, 7) is 1.61. The molecule has 2 saturated carbocycles. The smallest absolute Gasteiger partial charge is 0.433 e. The number of hydrogen-bond acceptors (Lipinski definition) is 5. The molecule has 2 fully saturated rings. The van der Waals surface area contributed by atoms with Crippen LogP contribution >= 0.6 is 0 Å². The molecule has 3 heterocycles. The lowest BCUT2D eigenvalue weighted by Crippen LogP contribution is -2.42. The van der Waals surface area contributed by atoms with Crippen molar-refractivity contribution in [2.45, 2.75) is 95.6 Å². The molecule has 2 aliphatic heterocycles. The highest BCUT2D eigenvalue weighted by Crippen LogP contribution is 2.45. The van der Waals surface area contributed by atoms with Gasteiger partial charge < -0.3 is 9.47 Å². The van der Waals surface area contributed by atoms with Crippen LogP contribution in [0, 0.1) is 0 Å². The van der Waals surface area contributed by atoms with Gasteiger partial charge in [0, 0.05) is 41.7 Å². The molecule has 5 nitrogen and oxygen atoms in total. The summed E-state index contributed by atoms with van der Waals surface area (Å²) in [6.07, 6.45) is 6.80. The summed E-state index contributed by atoms with van der Waals surface area (Å²) in [4.78, 5) is 8.62. The summed E-state index contributed by atoms with van der Waals surface area (Å²) in [5.74, 6) is 0.988. The lowest BCUT2D eigenvalue weighted by atomic mass is 9.93. The minimum absolute atomic E-state index is 0.178. The molecular formula is C26H32F3N3O2. The highest BCUT2D eigenvalue weighted by atomic mass is 19.4. The highest BCUT2D eigenvalue weighted by molar-refractivity contribution is 5.91. The fraction of sp³-hybridized carbons (Fsp3) is 0.654. The number of ether oxygens (including phenoxy) is 2. The van der Waals surface area contributed by atoms with Crippen LogP contribution in [0.2, 0.25) is 0 Å². The summed E-state index contributed by atoms with van der Waals surface area (Å²) in [7, 11) is 0. The molecule has 6 rings (SSSR count). The van der Waals surface area contributed by atoms with E-state index in [1.807, 2.05) is 12.1 Å². The second-order valence-corrected chi connectivity index (χ2v) is 10.3. The molecule has 0 N–H and O–H groups in total. The zero-order valence-electron chi connectivity index (χ0n) is 19.5. The number of halogens is 3. The summed E-state index contributed by atoms with van der Waals surface area (Å²) < 4.78 is 55.0. The minimum atomic E-state index is -4.54. The second kappa shape index (κ2) is 8.86. The third-order valence-corrected chi connectivity index (χ3v) is 8.20. The lowest BCUT2D eigenvalue weighted by molar-refractivity contribution is -0.142. The molecule has 0 saturated heterocycles. The maximum atomic E-state index is 14.3. The number of hydrogen-bond donors (Lipinski definition) is 0. The van der Waals surface area contributed by atoms with Crippen LogP contribution in [-0.4, -0.2) is 40.3 Å². The number of benzene rings is 1. The van der Waals surface area contributed by atoms with Gasteiger partial charge >= 0.3 is 6.18 Å². The number of aromatic nitrogens is 1. The molecule has 0 radical (unpaired) electrons. The normalized spacial score (nSPS) is 23.3. The van der Waals surface area contributed by atoms with Gasteiger partial charge in [0.1, 0.15) is 25.0 Å². The molecule has 1 aromatic heterocycles. The van der Waals surface area contributed by atoms with E-state index in [2.05, 4.69) is 14.8 Å².